The molecule has 1 heterocycles. The summed E-state index contributed by atoms with van der Waals surface area (Å²) in [4.78, 5) is 73.2. The second kappa shape index (κ2) is 35.8. The molecule has 0 N–H and O–H groups in total. The van der Waals surface area contributed by atoms with Crippen molar-refractivity contribution in [2.24, 2.45) is 23.7 Å². The van der Waals surface area contributed by atoms with Crippen molar-refractivity contribution in [3.05, 3.63) is 158 Å². The van der Waals surface area contributed by atoms with Crippen molar-refractivity contribution in [3.63, 3.8) is 0 Å². The predicted octanol–water partition coefficient (Wildman–Crippen LogP) is 17.2. The van der Waals surface area contributed by atoms with E-state index in [1.165, 1.54) is 18.6 Å². The van der Waals surface area contributed by atoms with E-state index in [0.717, 1.165) is 118 Å². The Morgan fingerprint density at radius 3 is 1.21 bits per heavy atom. The zero-order valence-electron chi connectivity index (χ0n) is 55.1. The van der Waals surface area contributed by atoms with E-state index in [0.29, 0.717) is 146 Å². The van der Waals surface area contributed by atoms with Crippen LogP contribution in [0, 0.1) is 23.7 Å². The van der Waals surface area contributed by atoms with Crippen LogP contribution in [0.1, 0.15) is 146 Å². The Labute approximate surface area is 561 Å². The van der Waals surface area contributed by atoms with Gasteiger partial charge in [-0.3, -0.25) is 9.59 Å². The normalized spacial score (nSPS) is 16.1. The fourth-order valence-corrected chi connectivity index (χ4v) is 12.3. The summed E-state index contributed by atoms with van der Waals surface area (Å²) in [6.07, 6.45) is 19.9. The van der Waals surface area contributed by atoms with Gasteiger partial charge in [-0.15, -0.1) is 0 Å². The highest BCUT2D eigenvalue weighted by Crippen LogP contribution is 2.40. The number of carbonyl (C=O) groups is 5. The lowest BCUT2D eigenvalue weighted by molar-refractivity contribution is -0.141. The van der Waals surface area contributed by atoms with Crippen LogP contribution < -0.4 is 37.9 Å². The SMILES string of the molecule is C=CC(=O)OCCCCCCOc1ccc(OC(=O)C2CCC(COc3ccc4c5ccc(OCC6CCC(C(=O)Oc7ccc(OCCCCCCOC(=O)C=C)cc7)CC6)cc5c5nc6cc(OC(=O)c7ccc(OCCCCCC)cc7)ccc6nc5c4c3)CC2)cc1. The molecule has 10 rings (SSSR count). The van der Waals surface area contributed by atoms with Gasteiger partial charge in [0.25, 0.3) is 0 Å². The molecule has 17 heteroatoms. The van der Waals surface area contributed by atoms with Gasteiger partial charge in [-0.25, -0.2) is 24.4 Å². The highest BCUT2D eigenvalue weighted by molar-refractivity contribution is 6.24. The van der Waals surface area contributed by atoms with E-state index < -0.39 is 17.9 Å². The van der Waals surface area contributed by atoms with Crippen LogP contribution in [0.3, 0.4) is 0 Å². The molecule has 0 unspecified atom stereocenters. The highest BCUT2D eigenvalue weighted by Gasteiger charge is 2.30. The van der Waals surface area contributed by atoms with Gasteiger partial charge in [0, 0.05) is 29.0 Å². The van der Waals surface area contributed by atoms with Gasteiger partial charge in [-0.1, -0.05) is 39.3 Å². The van der Waals surface area contributed by atoms with Crippen molar-refractivity contribution in [1.29, 1.82) is 0 Å². The molecule has 8 aromatic rings. The van der Waals surface area contributed by atoms with Crippen molar-refractivity contribution in [3.8, 4) is 46.0 Å². The summed E-state index contributed by atoms with van der Waals surface area (Å²) < 4.78 is 58.5. The van der Waals surface area contributed by atoms with Crippen LogP contribution in [-0.2, 0) is 28.7 Å². The molecule has 0 saturated heterocycles. The van der Waals surface area contributed by atoms with Gasteiger partial charge < -0.3 is 47.4 Å². The lowest BCUT2D eigenvalue weighted by Crippen LogP contribution is -2.27. The number of rotatable bonds is 36. The van der Waals surface area contributed by atoms with Crippen LogP contribution in [0.15, 0.2) is 153 Å². The van der Waals surface area contributed by atoms with Gasteiger partial charge in [-0.2, -0.15) is 0 Å². The van der Waals surface area contributed by atoms with Crippen LogP contribution in [0.4, 0.5) is 0 Å². The maximum absolute atomic E-state index is 13.5. The molecule has 2 aliphatic carbocycles. The van der Waals surface area contributed by atoms with Crippen molar-refractivity contribution >= 4 is 73.5 Å². The molecule has 1 aromatic heterocycles. The first-order valence-electron chi connectivity index (χ1n) is 34.3. The van der Waals surface area contributed by atoms with E-state index in [1.54, 1.807) is 60.7 Å². The third kappa shape index (κ3) is 20.3. The molecular formula is C79H88N2O15. The Balaban J connectivity index is 0.755. The van der Waals surface area contributed by atoms with Crippen LogP contribution >= 0.6 is 0 Å². The third-order valence-corrected chi connectivity index (χ3v) is 17.8. The minimum absolute atomic E-state index is 0.206. The predicted molar refractivity (Wildman–Crippen MR) is 369 cm³/mol. The van der Waals surface area contributed by atoms with Gasteiger partial charge in [0.1, 0.15) is 46.0 Å². The number of carbonyl (C=O) groups excluding carboxylic acids is 5. The fraction of sp³-hybridized carbons (Fsp3) is 0.405. The maximum atomic E-state index is 13.5. The first-order chi connectivity index (χ1) is 47.0. The Morgan fingerprint density at radius 1 is 0.385 bits per heavy atom. The summed E-state index contributed by atoms with van der Waals surface area (Å²) in [6, 6.07) is 38.8. The quantitative estimate of drug-likeness (QED) is 0.00894. The molecule has 0 aliphatic heterocycles. The van der Waals surface area contributed by atoms with E-state index >= 15 is 0 Å². The van der Waals surface area contributed by atoms with E-state index in [2.05, 4.69) is 32.2 Å². The van der Waals surface area contributed by atoms with Crippen molar-refractivity contribution < 1.29 is 71.3 Å². The molecular weight excluding hydrogens is 1220 g/mol. The minimum Gasteiger partial charge on any atom is -0.494 e. The number of esters is 5. The molecule has 504 valence electrons. The molecule has 17 nitrogen and oxygen atoms in total. The first kappa shape index (κ1) is 69.3. The highest BCUT2D eigenvalue weighted by atomic mass is 16.6. The Kier molecular flexibility index (Phi) is 25.9. The van der Waals surface area contributed by atoms with Gasteiger partial charge >= 0.3 is 29.8 Å². The minimum atomic E-state index is -0.503. The summed E-state index contributed by atoms with van der Waals surface area (Å²) in [7, 11) is 0. The molecule has 0 spiro atoms. The number of hydrogen-bond donors (Lipinski definition) is 0. The summed E-state index contributed by atoms with van der Waals surface area (Å²) in [6.45, 7) is 12.5. The van der Waals surface area contributed by atoms with E-state index in [9.17, 15) is 24.0 Å². The smallest absolute Gasteiger partial charge is 0.343 e. The molecule has 96 heavy (non-hydrogen) atoms. The topological polar surface area (TPSA) is 203 Å². The number of nitrogens with zero attached hydrogens (tertiary/aromatic N) is 2. The molecule has 0 amide bonds. The average Bonchev–Trinajstić information content (AvgIpc) is 0.734. The number of unbranched alkanes of at least 4 members (excludes halogenated alkanes) is 9. The second-order valence-corrected chi connectivity index (χ2v) is 24.9. The van der Waals surface area contributed by atoms with Gasteiger partial charge in [0.2, 0.25) is 0 Å². The summed E-state index contributed by atoms with van der Waals surface area (Å²) in [5.41, 5.74) is 2.89. The monoisotopic (exact) mass is 1300 g/mol. The van der Waals surface area contributed by atoms with Crippen molar-refractivity contribution in [2.75, 3.05) is 46.2 Å². The van der Waals surface area contributed by atoms with E-state index in [-0.39, 0.29) is 35.6 Å². The van der Waals surface area contributed by atoms with Crippen LogP contribution in [0.25, 0.3) is 43.6 Å². The number of ether oxygens (including phenoxy) is 10. The van der Waals surface area contributed by atoms with Crippen LogP contribution in [0.2, 0.25) is 0 Å². The molecule has 0 bridgehead atoms. The van der Waals surface area contributed by atoms with Gasteiger partial charge in [0.05, 0.1) is 85.7 Å². The van der Waals surface area contributed by atoms with Crippen LogP contribution in [0.5, 0.6) is 46.0 Å². The fourth-order valence-electron chi connectivity index (χ4n) is 12.3. The second-order valence-electron chi connectivity index (χ2n) is 24.9. The zero-order chi connectivity index (χ0) is 66.9. The van der Waals surface area contributed by atoms with Gasteiger partial charge in [-0.05, 0) is 253 Å². The first-order valence-corrected chi connectivity index (χ1v) is 34.3. The van der Waals surface area contributed by atoms with Crippen LogP contribution in [-0.4, -0.2) is 86.1 Å². The summed E-state index contributed by atoms with van der Waals surface area (Å²) in [5, 5.41) is 3.64. The molecule has 2 saturated carbocycles. The average molecular weight is 1310 g/mol. The largest absolute Gasteiger partial charge is 0.494 e. The molecule has 0 atom stereocenters. The number of fused-ring (bicyclic) bond motifs is 7. The standard InChI is InChI=1S/C79H88N2O15/c1-4-7-8-13-44-87-59-28-26-58(27-29-59)79(86)96-66-40-43-71-72(51-66)81-76-70-50-65(93-53-55-20-24-57(25-21-55)78(85)95-63-36-32-61(33-37-63)89-46-15-10-12-17-48-91-74(83)6-3)39-42-68(70)67-41-38-64(49-69(67)75(76)80-71)92-52-54-18-22-56(23-19-54)77(84)94-62-34-30-60(31-35-62)88-45-14-9-11-16-47-90-73(82)5-2/h5-6,26-43,49-51,54-57H,2-4,7-25,44-48,52-53H2,1H3. The Morgan fingerprint density at radius 2 is 0.771 bits per heavy atom. The zero-order valence-corrected chi connectivity index (χ0v) is 55.1. The van der Waals surface area contributed by atoms with E-state index in [1.807, 2.05) is 54.6 Å². The number of aromatic nitrogens is 2. The Hall–Kier alpha value is -9.51. The lowest BCUT2D eigenvalue weighted by Gasteiger charge is -2.27. The number of benzene rings is 7. The lowest BCUT2D eigenvalue weighted by atomic mass is 9.82. The summed E-state index contributed by atoms with van der Waals surface area (Å²) in [5.74, 6) is 3.11. The Bertz CT molecular complexity index is 3910. The molecule has 2 fully saturated rings. The molecule has 7 aromatic carbocycles. The van der Waals surface area contributed by atoms with Crippen molar-refractivity contribution in [2.45, 2.75) is 135 Å². The third-order valence-electron chi connectivity index (χ3n) is 17.8. The maximum Gasteiger partial charge on any atom is 0.343 e. The van der Waals surface area contributed by atoms with Crippen molar-refractivity contribution in [1.82, 2.24) is 9.97 Å². The van der Waals surface area contributed by atoms with E-state index in [4.69, 9.17) is 57.3 Å². The molecule has 2 aliphatic rings. The summed E-state index contributed by atoms with van der Waals surface area (Å²) >= 11 is 0. The van der Waals surface area contributed by atoms with Gasteiger partial charge in [0.15, 0.2) is 0 Å². The number of hydrogen-bond acceptors (Lipinski definition) is 17. The molecule has 0 radical (unpaired) electrons.